The lowest BCUT2D eigenvalue weighted by Gasteiger charge is -2.27. The molecule has 1 rings (SSSR count). The van der Waals surface area contributed by atoms with Gasteiger partial charge < -0.3 is 10.6 Å². The van der Waals surface area contributed by atoms with Crippen molar-refractivity contribution in [3.63, 3.8) is 0 Å². The second kappa shape index (κ2) is 6.92. The average molecular weight is 270 g/mol. The zero-order chi connectivity index (χ0) is 13.7. The molecule has 0 amide bonds. The van der Waals surface area contributed by atoms with Gasteiger partial charge in [-0.25, -0.2) is 4.68 Å². The Morgan fingerprint density at radius 2 is 2.17 bits per heavy atom. The highest BCUT2D eigenvalue weighted by atomic mass is 32.2. The van der Waals surface area contributed by atoms with Crippen molar-refractivity contribution in [3.8, 4) is 0 Å². The van der Waals surface area contributed by atoms with E-state index < -0.39 is 0 Å². The van der Waals surface area contributed by atoms with Gasteiger partial charge in [0.25, 0.3) is 0 Å². The van der Waals surface area contributed by atoms with Gasteiger partial charge in [0.05, 0.1) is 11.4 Å². The second-order valence-corrected chi connectivity index (χ2v) is 5.77. The number of hydrogen-bond acceptors (Lipinski definition) is 4. The van der Waals surface area contributed by atoms with Crippen LogP contribution in [0.3, 0.4) is 0 Å². The van der Waals surface area contributed by atoms with Gasteiger partial charge in [-0.05, 0) is 38.7 Å². The molecule has 1 atom stereocenters. The average Bonchev–Trinajstić information content (AvgIpc) is 2.62. The summed E-state index contributed by atoms with van der Waals surface area (Å²) >= 11 is 1.89. The van der Waals surface area contributed by atoms with Crippen LogP contribution in [0.2, 0.25) is 0 Å². The van der Waals surface area contributed by atoms with E-state index in [9.17, 15) is 0 Å². The van der Waals surface area contributed by atoms with Crippen LogP contribution in [0.1, 0.15) is 32.4 Å². The van der Waals surface area contributed by atoms with Crippen molar-refractivity contribution in [2.24, 2.45) is 0 Å². The molecule has 18 heavy (non-hydrogen) atoms. The lowest BCUT2D eigenvalue weighted by atomic mass is 10.2. The predicted molar refractivity (Wildman–Crippen MR) is 82.5 cm³/mol. The third-order valence-corrected chi connectivity index (χ3v) is 3.96. The van der Waals surface area contributed by atoms with Gasteiger partial charge in [0.15, 0.2) is 5.82 Å². The fourth-order valence-electron chi connectivity index (χ4n) is 2.01. The molecule has 0 aliphatic rings. The summed E-state index contributed by atoms with van der Waals surface area (Å²) in [5.74, 6) is 2.25. The number of nitrogen functional groups attached to an aromatic ring is 1. The molecule has 0 radical (unpaired) electrons. The van der Waals surface area contributed by atoms with E-state index in [4.69, 9.17) is 5.73 Å². The van der Waals surface area contributed by atoms with Crippen LogP contribution in [0, 0.1) is 6.92 Å². The Morgan fingerprint density at radius 3 is 2.72 bits per heavy atom. The molecular weight excluding hydrogens is 244 g/mol. The number of nitrogens with zero attached hydrogens (tertiary/aromatic N) is 3. The maximum Gasteiger partial charge on any atom is 0.150 e. The van der Waals surface area contributed by atoms with Crippen molar-refractivity contribution in [2.45, 2.75) is 46.2 Å². The standard InChI is InChI=1S/C13H26N4S/c1-6-8-17-13(12(14)11(3)15-17)16(4)10(2)7-9-18-5/h10H,6-9,14H2,1-5H3. The largest absolute Gasteiger partial charge is 0.394 e. The molecule has 0 bridgehead atoms. The first-order valence-electron chi connectivity index (χ1n) is 6.57. The number of rotatable bonds is 7. The minimum absolute atomic E-state index is 0.478. The summed E-state index contributed by atoms with van der Waals surface area (Å²) < 4.78 is 2.04. The van der Waals surface area contributed by atoms with Crippen LogP contribution in [-0.2, 0) is 6.54 Å². The molecule has 2 N–H and O–H groups in total. The van der Waals surface area contributed by atoms with Crippen molar-refractivity contribution >= 4 is 23.3 Å². The number of hydrogen-bond donors (Lipinski definition) is 1. The van der Waals surface area contributed by atoms with Gasteiger partial charge in [0.1, 0.15) is 0 Å². The Morgan fingerprint density at radius 1 is 1.50 bits per heavy atom. The first-order chi connectivity index (χ1) is 8.52. The number of thioether (sulfide) groups is 1. The maximum atomic E-state index is 6.17. The smallest absolute Gasteiger partial charge is 0.150 e. The summed E-state index contributed by atoms with van der Waals surface area (Å²) in [5.41, 5.74) is 7.92. The van der Waals surface area contributed by atoms with E-state index in [1.54, 1.807) is 0 Å². The molecule has 1 heterocycles. The summed E-state index contributed by atoms with van der Waals surface area (Å²) in [7, 11) is 2.12. The van der Waals surface area contributed by atoms with Crippen molar-refractivity contribution in [1.29, 1.82) is 0 Å². The third-order valence-electron chi connectivity index (χ3n) is 3.32. The van der Waals surface area contributed by atoms with Gasteiger partial charge in [0, 0.05) is 19.6 Å². The van der Waals surface area contributed by atoms with Crippen molar-refractivity contribution in [3.05, 3.63) is 5.69 Å². The van der Waals surface area contributed by atoms with Crippen LogP contribution in [0.4, 0.5) is 11.5 Å². The molecule has 0 fully saturated rings. The van der Waals surface area contributed by atoms with Crippen molar-refractivity contribution in [2.75, 3.05) is 29.7 Å². The fourth-order valence-corrected chi connectivity index (χ4v) is 2.59. The Hall–Kier alpha value is -0.840. The normalized spacial score (nSPS) is 12.7. The first kappa shape index (κ1) is 15.2. The molecule has 0 saturated carbocycles. The Labute approximate surface area is 115 Å². The van der Waals surface area contributed by atoms with Crippen LogP contribution in [0.25, 0.3) is 0 Å². The monoisotopic (exact) mass is 270 g/mol. The molecule has 0 aliphatic carbocycles. The molecular formula is C13H26N4S. The van der Waals surface area contributed by atoms with Crippen LogP contribution < -0.4 is 10.6 Å². The van der Waals surface area contributed by atoms with E-state index in [2.05, 4.69) is 37.1 Å². The maximum absolute atomic E-state index is 6.17. The first-order valence-corrected chi connectivity index (χ1v) is 7.96. The van der Waals surface area contributed by atoms with Crippen LogP contribution in [0.5, 0.6) is 0 Å². The van der Waals surface area contributed by atoms with E-state index >= 15 is 0 Å². The third kappa shape index (κ3) is 3.34. The van der Waals surface area contributed by atoms with E-state index in [-0.39, 0.29) is 0 Å². The highest BCUT2D eigenvalue weighted by molar-refractivity contribution is 7.98. The Balaban J connectivity index is 2.92. The summed E-state index contributed by atoms with van der Waals surface area (Å²) in [5, 5.41) is 4.53. The van der Waals surface area contributed by atoms with Gasteiger partial charge >= 0.3 is 0 Å². The fraction of sp³-hybridized carbons (Fsp3) is 0.769. The van der Waals surface area contributed by atoms with Crippen LogP contribution in [-0.4, -0.2) is 34.9 Å². The van der Waals surface area contributed by atoms with E-state index in [0.717, 1.165) is 36.6 Å². The predicted octanol–water partition coefficient (Wildman–Crippen LogP) is 2.76. The molecule has 1 aromatic heterocycles. The van der Waals surface area contributed by atoms with Gasteiger partial charge in [-0.3, -0.25) is 0 Å². The van der Waals surface area contributed by atoms with Gasteiger partial charge in [0.2, 0.25) is 0 Å². The molecule has 104 valence electrons. The lowest BCUT2D eigenvalue weighted by molar-refractivity contribution is 0.570. The summed E-state index contributed by atoms with van der Waals surface area (Å²) in [4.78, 5) is 2.27. The summed E-state index contributed by atoms with van der Waals surface area (Å²) in [6.07, 6.45) is 4.38. The Kier molecular flexibility index (Phi) is 5.85. The molecule has 1 unspecified atom stereocenters. The minimum atomic E-state index is 0.478. The van der Waals surface area contributed by atoms with Crippen molar-refractivity contribution < 1.29 is 0 Å². The van der Waals surface area contributed by atoms with Gasteiger partial charge in [-0.1, -0.05) is 6.92 Å². The van der Waals surface area contributed by atoms with Gasteiger partial charge in [-0.15, -0.1) is 0 Å². The van der Waals surface area contributed by atoms with Gasteiger partial charge in [-0.2, -0.15) is 16.9 Å². The topological polar surface area (TPSA) is 47.1 Å². The second-order valence-electron chi connectivity index (χ2n) is 4.79. The molecule has 0 saturated heterocycles. The van der Waals surface area contributed by atoms with E-state index in [0.29, 0.717) is 6.04 Å². The van der Waals surface area contributed by atoms with Crippen LogP contribution >= 0.6 is 11.8 Å². The summed E-state index contributed by atoms with van der Waals surface area (Å²) in [6, 6.07) is 0.478. The number of nitrogens with two attached hydrogens (primary N) is 1. The molecule has 0 aromatic carbocycles. The number of aryl methyl sites for hydroxylation is 2. The Bertz CT molecular complexity index is 375. The highest BCUT2D eigenvalue weighted by Gasteiger charge is 2.19. The zero-order valence-electron chi connectivity index (χ0n) is 12.2. The highest BCUT2D eigenvalue weighted by Crippen LogP contribution is 2.28. The SMILES string of the molecule is CCCn1nc(C)c(N)c1N(C)C(C)CCSC. The molecule has 4 nitrogen and oxygen atoms in total. The number of aromatic nitrogens is 2. The van der Waals surface area contributed by atoms with Crippen molar-refractivity contribution in [1.82, 2.24) is 9.78 Å². The molecule has 0 aliphatic heterocycles. The molecule has 0 spiro atoms. The zero-order valence-corrected chi connectivity index (χ0v) is 13.0. The quantitative estimate of drug-likeness (QED) is 0.827. The lowest BCUT2D eigenvalue weighted by Crippen LogP contribution is -2.32. The number of anilines is 2. The van der Waals surface area contributed by atoms with E-state index in [1.165, 1.54) is 5.75 Å². The molecule has 1 aromatic rings. The van der Waals surface area contributed by atoms with Crippen LogP contribution in [0.15, 0.2) is 0 Å². The summed E-state index contributed by atoms with van der Waals surface area (Å²) in [6.45, 7) is 7.31. The molecule has 5 heteroatoms. The van der Waals surface area contributed by atoms with E-state index in [1.807, 2.05) is 23.4 Å². The minimum Gasteiger partial charge on any atom is -0.394 e.